The molecule has 0 radical (unpaired) electrons. The van der Waals surface area contributed by atoms with Crippen LogP contribution in [0.1, 0.15) is 41.5 Å². The van der Waals surface area contributed by atoms with Gasteiger partial charge in [0.2, 0.25) is 0 Å². The molecular formula is C13H25O8P. The van der Waals surface area contributed by atoms with Gasteiger partial charge in [0, 0.05) is 0 Å². The molecule has 9 heteroatoms. The highest BCUT2D eigenvalue weighted by Crippen LogP contribution is 2.52. The lowest BCUT2D eigenvalue weighted by Crippen LogP contribution is -2.28. The maximum Gasteiger partial charge on any atom is 0.592 e. The minimum absolute atomic E-state index is 0.622. The second-order valence-electron chi connectivity index (χ2n) is 6.84. The molecule has 0 aliphatic rings. The Kier molecular flexibility index (Phi) is 7.22. The second kappa shape index (κ2) is 7.55. The van der Waals surface area contributed by atoms with Crippen LogP contribution in [0.3, 0.4) is 0 Å². The van der Waals surface area contributed by atoms with Crippen molar-refractivity contribution < 1.29 is 37.9 Å². The Balaban J connectivity index is 5.18. The maximum absolute atomic E-state index is 12.4. The van der Waals surface area contributed by atoms with Crippen LogP contribution in [0, 0.1) is 10.8 Å². The third-order valence-corrected chi connectivity index (χ3v) is 3.49. The van der Waals surface area contributed by atoms with E-state index in [1.165, 1.54) is 41.5 Å². The van der Waals surface area contributed by atoms with Crippen molar-refractivity contribution in [2.75, 3.05) is 13.2 Å². The van der Waals surface area contributed by atoms with Gasteiger partial charge in [0.05, 0.1) is 24.0 Å². The third kappa shape index (κ3) is 7.35. The second-order valence-corrected chi connectivity index (χ2v) is 8.35. The lowest BCUT2D eigenvalue weighted by Gasteiger charge is -2.24. The number of carbonyl (C=O) groups excluding carboxylic acids is 2. The number of hydrogen-bond donors (Lipinski definition) is 2. The summed E-state index contributed by atoms with van der Waals surface area (Å²) in [4.78, 5) is 23.7. The van der Waals surface area contributed by atoms with Crippen molar-refractivity contribution in [3.05, 3.63) is 0 Å². The fourth-order valence-corrected chi connectivity index (χ4v) is 2.23. The summed E-state index contributed by atoms with van der Waals surface area (Å²) < 4.78 is 26.7. The van der Waals surface area contributed by atoms with E-state index in [-0.39, 0.29) is 0 Å². The van der Waals surface area contributed by atoms with Crippen LogP contribution in [-0.4, -0.2) is 41.5 Å². The Labute approximate surface area is 130 Å². The fourth-order valence-electron chi connectivity index (χ4n) is 0.778. The molecule has 0 saturated carbocycles. The molecule has 0 aliphatic carbocycles. The first-order valence-corrected chi connectivity index (χ1v) is 8.19. The molecule has 0 aromatic carbocycles. The predicted molar refractivity (Wildman–Crippen MR) is 77.7 cm³/mol. The van der Waals surface area contributed by atoms with E-state index in [9.17, 15) is 19.3 Å². The van der Waals surface area contributed by atoms with Crippen LogP contribution in [-0.2, 0) is 27.7 Å². The van der Waals surface area contributed by atoms with Crippen molar-refractivity contribution in [1.82, 2.24) is 0 Å². The van der Waals surface area contributed by atoms with E-state index in [0.717, 1.165) is 0 Å². The number of carbonyl (C=O) groups is 2. The standard InChI is InChI=1S/C13H25O8P/c1-12(2,3)10(16)20-22(18,19-8-9(15)7-14)21-11(17)13(4,5)6/h9,14-15H,7-8H2,1-6H3. The molecule has 8 nitrogen and oxygen atoms in total. The van der Waals surface area contributed by atoms with Gasteiger partial charge >= 0.3 is 19.8 Å². The van der Waals surface area contributed by atoms with Crippen molar-refractivity contribution >= 4 is 19.8 Å². The largest absolute Gasteiger partial charge is 0.592 e. The molecular weight excluding hydrogens is 315 g/mol. The first kappa shape index (κ1) is 21.0. The molecule has 0 heterocycles. The van der Waals surface area contributed by atoms with Gasteiger partial charge in [-0.05, 0) is 41.5 Å². The van der Waals surface area contributed by atoms with E-state index in [1.54, 1.807) is 0 Å². The van der Waals surface area contributed by atoms with Gasteiger partial charge in [-0.15, -0.1) is 0 Å². The van der Waals surface area contributed by atoms with Crippen LogP contribution >= 0.6 is 7.82 Å². The molecule has 0 aromatic heterocycles. The summed E-state index contributed by atoms with van der Waals surface area (Å²) in [5.74, 6) is -1.79. The molecule has 0 fully saturated rings. The lowest BCUT2D eigenvalue weighted by atomic mass is 9.98. The smallest absolute Gasteiger partial charge is 0.394 e. The number of aliphatic hydroxyl groups is 2. The van der Waals surface area contributed by atoms with E-state index >= 15 is 0 Å². The van der Waals surface area contributed by atoms with Gasteiger partial charge in [-0.2, -0.15) is 0 Å². The van der Waals surface area contributed by atoms with Crippen molar-refractivity contribution in [1.29, 1.82) is 0 Å². The molecule has 0 saturated heterocycles. The molecule has 130 valence electrons. The summed E-state index contributed by atoms with van der Waals surface area (Å²) in [6.07, 6.45) is -1.35. The zero-order chi connectivity index (χ0) is 17.8. The van der Waals surface area contributed by atoms with Crippen LogP contribution in [0.25, 0.3) is 0 Å². The van der Waals surface area contributed by atoms with Gasteiger partial charge in [0.15, 0.2) is 0 Å². The number of hydrogen-bond acceptors (Lipinski definition) is 8. The van der Waals surface area contributed by atoms with E-state index < -0.39 is 49.9 Å². The maximum atomic E-state index is 12.4. The molecule has 0 aromatic rings. The average Bonchev–Trinajstić information content (AvgIpc) is 2.33. The van der Waals surface area contributed by atoms with Gasteiger partial charge in [0.25, 0.3) is 0 Å². The van der Waals surface area contributed by atoms with Gasteiger partial charge in [-0.25, -0.2) is 4.57 Å². The summed E-state index contributed by atoms with van der Waals surface area (Å²) in [6, 6.07) is 0. The van der Waals surface area contributed by atoms with Gasteiger partial charge < -0.3 is 19.3 Å². The number of rotatable bonds is 6. The highest BCUT2D eigenvalue weighted by Gasteiger charge is 2.42. The van der Waals surface area contributed by atoms with Crippen LogP contribution in [0.4, 0.5) is 0 Å². The SMILES string of the molecule is CC(C)(C)C(=O)OP(=O)(OCC(O)CO)OC(=O)C(C)(C)C. The molecule has 0 bridgehead atoms. The van der Waals surface area contributed by atoms with Crippen molar-refractivity contribution in [2.24, 2.45) is 10.8 Å². The van der Waals surface area contributed by atoms with Crippen LogP contribution in [0.5, 0.6) is 0 Å². The van der Waals surface area contributed by atoms with E-state index in [1.807, 2.05) is 0 Å². The topological polar surface area (TPSA) is 119 Å². The molecule has 0 spiro atoms. The Morgan fingerprint density at radius 1 is 1.00 bits per heavy atom. The fraction of sp³-hybridized carbons (Fsp3) is 0.846. The van der Waals surface area contributed by atoms with Gasteiger partial charge in [-0.3, -0.25) is 14.1 Å². The monoisotopic (exact) mass is 340 g/mol. The molecule has 1 unspecified atom stereocenters. The van der Waals surface area contributed by atoms with Crippen LogP contribution in [0.15, 0.2) is 0 Å². The van der Waals surface area contributed by atoms with Crippen molar-refractivity contribution in [3.8, 4) is 0 Å². The third-order valence-electron chi connectivity index (χ3n) is 2.25. The first-order valence-electron chi connectivity index (χ1n) is 6.73. The van der Waals surface area contributed by atoms with Crippen LogP contribution in [0.2, 0.25) is 0 Å². The Hall–Kier alpha value is -0.950. The minimum Gasteiger partial charge on any atom is -0.394 e. The Morgan fingerprint density at radius 3 is 1.64 bits per heavy atom. The molecule has 0 amide bonds. The van der Waals surface area contributed by atoms with Crippen molar-refractivity contribution in [3.63, 3.8) is 0 Å². The minimum atomic E-state index is -4.56. The van der Waals surface area contributed by atoms with E-state index in [0.29, 0.717) is 0 Å². The summed E-state index contributed by atoms with van der Waals surface area (Å²) >= 11 is 0. The first-order chi connectivity index (χ1) is 9.71. The van der Waals surface area contributed by atoms with E-state index in [2.05, 4.69) is 0 Å². The quantitative estimate of drug-likeness (QED) is 0.700. The summed E-state index contributed by atoms with van der Waals surface area (Å²) in [6.45, 7) is 7.86. The normalized spacial score (nSPS) is 14.4. The summed E-state index contributed by atoms with van der Waals surface area (Å²) in [5.41, 5.74) is -1.99. The zero-order valence-electron chi connectivity index (χ0n) is 13.8. The summed E-state index contributed by atoms with van der Waals surface area (Å²) in [7, 11) is -4.56. The molecule has 2 N–H and O–H groups in total. The average molecular weight is 340 g/mol. The zero-order valence-corrected chi connectivity index (χ0v) is 14.7. The highest BCUT2D eigenvalue weighted by molar-refractivity contribution is 7.49. The number of phosphoric acid groups is 1. The van der Waals surface area contributed by atoms with Crippen molar-refractivity contribution in [2.45, 2.75) is 47.6 Å². The Bertz CT molecular complexity index is 414. The molecule has 0 aliphatic heterocycles. The highest BCUT2D eigenvalue weighted by atomic mass is 31.2. The summed E-state index contributed by atoms with van der Waals surface area (Å²) in [5, 5.41) is 18.0. The molecule has 1 atom stereocenters. The predicted octanol–water partition coefficient (Wildman–Crippen LogP) is 1.64. The molecule has 22 heavy (non-hydrogen) atoms. The molecule has 0 rings (SSSR count). The number of aliphatic hydroxyl groups excluding tert-OH is 2. The van der Waals surface area contributed by atoms with E-state index in [4.69, 9.17) is 18.7 Å². The van der Waals surface area contributed by atoms with Gasteiger partial charge in [-0.1, -0.05) is 0 Å². The lowest BCUT2D eigenvalue weighted by molar-refractivity contribution is -0.150. The Morgan fingerprint density at radius 2 is 1.36 bits per heavy atom. The van der Waals surface area contributed by atoms with Crippen LogP contribution < -0.4 is 0 Å². The van der Waals surface area contributed by atoms with Gasteiger partial charge in [0.1, 0.15) is 6.10 Å². The number of phosphoric ester groups is 1.